The summed E-state index contributed by atoms with van der Waals surface area (Å²) in [4.78, 5) is 58.7. The SMILES string of the molecule is CCCCCCCCC(CCCCCC)CNC(=O)C(O)(C1=CCC(Br)S1)C1CC(=O)C(C(O)(C(=O)NCC(CCCCCC)CCCCCCCC)C2=CCC(Br)S2)CC1=O. The van der Waals surface area contributed by atoms with Crippen molar-refractivity contribution in [3.05, 3.63) is 22.0 Å². The zero-order valence-electron chi connectivity index (χ0n) is 38.9. The van der Waals surface area contributed by atoms with Gasteiger partial charge in [-0.25, -0.2) is 0 Å². The van der Waals surface area contributed by atoms with Gasteiger partial charge in [-0.1, -0.05) is 200 Å². The fourth-order valence-corrected chi connectivity index (χ4v) is 13.2. The molecule has 8 atom stereocenters. The van der Waals surface area contributed by atoms with Gasteiger partial charge < -0.3 is 20.8 Å². The second kappa shape index (κ2) is 30.6. The number of carbonyl (C=O) groups excluding carboxylic acids is 4. The maximum atomic E-state index is 14.5. The van der Waals surface area contributed by atoms with Gasteiger partial charge in [0.15, 0.2) is 11.2 Å². The molecule has 62 heavy (non-hydrogen) atoms. The van der Waals surface area contributed by atoms with Gasteiger partial charge in [-0.15, -0.1) is 23.5 Å². The van der Waals surface area contributed by atoms with Crippen molar-refractivity contribution < 1.29 is 29.4 Å². The van der Waals surface area contributed by atoms with Crippen molar-refractivity contribution in [1.29, 1.82) is 0 Å². The minimum Gasteiger partial charge on any atom is -0.374 e. The summed E-state index contributed by atoms with van der Waals surface area (Å²) < 4.78 is -0.154. The largest absolute Gasteiger partial charge is 0.374 e. The molecule has 4 N–H and O–H groups in total. The topological polar surface area (TPSA) is 133 Å². The van der Waals surface area contributed by atoms with Crippen LogP contribution in [0.3, 0.4) is 0 Å². The molecule has 12 heteroatoms. The first kappa shape index (κ1) is 55.7. The Labute approximate surface area is 402 Å². The number of ketones is 2. The highest BCUT2D eigenvalue weighted by Crippen LogP contribution is 2.51. The molecule has 0 bridgehead atoms. The Morgan fingerprint density at radius 2 is 0.855 bits per heavy atom. The number of halogens is 2. The number of aliphatic hydroxyl groups is 2. The van der Waals surface area contributed by atoms with Gasteiger partial charge in [-0.05, 0) is 50.4 Å². The highest BCUT2D eigenvalue weighted by Gasteiger charge is 2.60. The lowest BCUT2D eigenvalue weighted by molar-refractivity contribution is -0.160. The third-order valence-corrected chi connectivity index (χ3v) is 17.7. The first-order chi connectivity index (χ1) is 29.9. The van der Waals surface area contributed by atoms with E-state index in [0.29, 0.717) is 35.7 Å². The average Bonchev–Trinajstić information content (AvgIpc) is 3.92. The molecule has 0 aromatic carbocycles. The standard InChI is InChI=1S/C50H84Br2N2O6S2/c1-5-9-13-17-19-23-27-37(25-21-15-11-7-3)35-53-47(57)49(59,43-29-31-45(51)61-43)39-33-42(56)40(34-41(39)55)50(60,44-30-32-46(52)62-44)48(58)54-36-38(26-22-16-12-8-4)28-24-20-18-14-10-6-2/h29-30,37-40,45-46,59-60H,5-28,31-36H2,1-4H3,(H,53,57)(H,54,58). The third kappa shape index (κ3) is 17.5. The van der Waals surface area contributed by atoms with Gasteiger partial charge in [0.05, 0.1) is 20.2 Å². The number of Topliss-reactive ketones (excluding diaryl/α,β-unsaturated/α-hetero) is 2. The van der Waals surface area contributed by atoms with Crippen LogP contribution in [-0.2, 0) is 19.2 Å². The summed E-state index contributed by atoms with van der Waals surface area (Å²) in [5.74, 6) is -4.45. The van der Waals surface area contributed by atoms with E-state index < -0.39 is 59.3 Å². The van der Waals surface area contributed by atoms with Crippen molar-refractivity contribution in [2.45, 2.75) is 227 Å². The molecule has 2 amide bonds. The molecule has 2 heterocycles. The molecule has 0 saturated heterocycles. The van der Waals surface area contributed by atoms with Crippen molar-refractivity contribution in [2.75, 3.05) is 13.1 Å². The van der Waals surface area contributed by atoms with E-state index in [0.717, 1.165) is 89.9 Å². The van der Waals surface area contributed by atoms with Crippen LogP contribution in [0, 0.1) is 23.7 Å². The molecule has 1 aliphatic carbocycles. The van der Waals surface area contributed by atoms with Crippen molar-refractivity contribution in [3.63, 3.8) is 0 Å². The van der Waals surface area contributed by atoms with Crippen molar-refractivity contribution in [1.82, 2.24) is 10.6 Å². The molecule has 8 unspecified atom stereocenters. The van der Waals surface area contributed by atoms with Crippen LogP contribution in [0.15, 0.2) is 22.0 Å². The van der Waals surface area contributed by atoms with E-state index >= 15 is 0 Å². The van der Waals surface area contributed by atoms with E-state index in [1.165, 1.54) is 87.7 Å². The highest BCUT2D eigenvalue weighted by atomic mass is 79.9. The Balaban J connectivity index is 1.82. The fraction of sp³-hybridized carbons (Fsp3) is 0.840. The van der Waals surface area contributed by atoms with E-state index in [-0.39, 0.29) is 20.2 Å². The summed E-state index contributed by atoms with van der Waals surface area (Å²) in [6.45, 7) is 9.63. The predicted octanol–water partition coefficient (Wildman–Crippen LogP) is 13.0. The molecule has 2 aliphatic heterocycles. The van der Waals surface area contributed by atoms with E-state index in [2.05, 4.69) is 70.2 Å². The summed E-state index contributed by atoms with van der Waals surface area (Å²) in [5.41, 5.74) is -4.50. The Morgan fingerprint density at radius 1 is 0.565 bits per heavy atom. The predicted molar refractivity (Wildman–Crippen MR) is 269 cm³/mol. The first-order valence-electron chi connectivity index (χ1n) is 25.0. The molecule has 8 nitrogen and oxygen atoms in total. The van der Waals surface area contributed by atoms with E-state index in [1.807, 2.05) is 0 Å². The number of nitrogens with one attached hydrogen (secondary N) is 2. The molecular formula is C50H84Br2N2O6S2. The van der Waals surface area contributed by atoms with Crippen LogP contribution < -0.4 is 10.6 Å². The Hall–Kier alpha value is -0.660. The van der Waals surface area contributed by atoms with Gasteiger partial charge >= 0.3 is 0 Å². The molecule has 3 aliphatic rings. The molecule has 1 saturated carbocycles. The summed E-state index contributed by atoms with van der Waals surface area (Å²) in [6.07, 6.45) is 31.2. The number of hydrogen-bond donors (Lipinski definition) is 4. The average molecular weight is 1030 g/mol. The summed E-state index contributed by atoms with van der Waals surface area (Å²) in [5, 5.41) is 31.4. The van der Waals surface area contributed by atoms with Crippen LogP contribution in [0.2, 0.25) is 0 Å². The Kier molecular flexibility index (Phi) is 27.5. The van der Waals surface area contributed by atoms with Gasteiger partial charge in [0.1, 0.15) is 11.6 Å². The molecule has 0 aromatic rings. The summed E-state index contributed by atoms with van der Waals surface area (Å²) in [7, 11) is 0. The molecule has 0 radical (unpaired) electrons. The van der Waals surface area contributed by atoms with Gasteiger partial charge in [0.2, 0.25) is 0 Å². The van der Waals surface area contributed by atoms with Crippen LogP contribution in [0.1, 0.15) is 207 Å². The van der Waals surface area contributed by atoms with Gasteiger partial charge in [-0.3, -0.25) is 19.2 Å². The van der Waals surface area contributed by atoms with Crippen molar-refractivity contribution in [3.8, 4) is 0 Å². The second-order valence-corrected chi connectivity index (χ2v) is 24.5. The highest BCUT2D eigenvalue weighted by molar-refractivity contribution is 9.11. The molecular weight excluding hydrogens is 948 g/mol. The number of amides is 2. The number of carbonyl (C=O) groups is 4. The van der Waals surface area contributed by atoms with Crippen LogP contribution in [0.5, 0.6) is 0 Å². The maximum absolute atomic E-state index is 14.5. The zero-order valence-corrected chi connectivity index (χ0v) is 43.7. The third-order valence-electron chi connectivity index (χ3n) is 13.5. The number of thioether (sulfide) groups is 2. The number of alkyl halides is 2. The van der Waals surface area contributed by atoms with Gasteiger partial charge in [0, 0.05) is 35.7 Å². The number of allylic oxidation sites excluding steroid dienone is 2. The Morgan fingerprint density at radius 3 is 1.15 bits per heavy atom. The number of hydrogen-bond acceptors (Lipinski definition) is 8. The number of unbranched alkanes of at least 4 members (excludes halogenated alkanes) is 16. The monoisotopic (exact) mass is 1030 g/mol. The quantitative estimate of drug-likeness (QED) is 0.0370. The van der Waals surface area contributed by atoms with Crippen LogP contribution in [0.4, 0.5) is 0 Å². The lowest BCUT2D eigenvalue weighted by atomic mass is 9.66. The van der Waals surface area contributed by atoms with Crippen LogP contribution in [0.25, 0.3) is 0 Å². The molecule has 1 fully saturated rings. The molecule has 3 rings (SSSR count). The second-order valence-electron chi connectivity index (χ2n) is 18.6. The lowest BCUT2D eigenvalue weighted by Gasteiger charge is -2.42. The fourth-order valence-electron chi connectivity index (χ4n) is 9.50. The summed E-state index contributed by atoms with van der Waals surface area (Å²) >= 11 is 9.85. The molecule has 356 valence electrons. The van der Waals surface area contributed by atoms with E-state index in [4.69, 9.17) is 0 Å². The zero-order chi connectivity index (χ0) is 45.4. The minimum atomic E-state index is -2.25. The minimum absolute atomic E-state index is 0.0770. The molecule has 0 spiro atoms. The van der Waals surface area contributed by atoms with Crippen LogP contribution >= 0.6 is 55.4 Å². The first-order valence-corrected chi connectivity index (χ1v) is 28.5. The maximum Gasteiger partial charge on any atom is 0.257 e. The normalized spacial score (nSPS) is 23.4. The lowest BCUT2D eigenvalue weighted by Crippen LogP contribution is -2.62. The molecule has 0 aromatic heterocycles. The Bertz CT molecular complexity index is 1330. The van der Waals surface area contributed by atoms with Gasteiger partial charge in [-0.2, -0.15) is 0 Å². The summed E-state index contributed by atoms with van der Waals surface area (Å²) in [6, 6.07) is 0. The van der Waals surface area contributed by atoms with E-state index in [9.17, 15) is 29.4 Å². The smallest absolute Gasteiger partial charge is 0.257 e. The van der Waals surface area contributed by atoms with Crippen LogP contribution in [-0.4, -0.2) is 66.2 Å². The number of rotatable bonds is 34. The van der Waals surface area contributed by atoms with Crippen molar-refractivity contribution in [2.24, 2.45) is 23.7 Å². The van der Waals surface area contributed by atoms with E-state index in [1.54, 1.807) is 12.2 Å². The van der Waals surface area contributed by atoms with Crippen molar-refractivity contribution >= 4 is 78.8 Å². The van der Waals surface area contributed by atoms with Gasteiger partial charge in [0.25, 0.3) is 11.8 Å².